The van der Waals surface area contributed by atoms with Gasteiger partial charge in [0.05, 0.1) is 29.1 Å². The van der Waals surface area contributed by atoms with Gasteiger partial charge in [-0.15, -0.1) is 0 Å². The zero-order chi connectivity index (χ0) is 29.1. The topological polar surface area (TPSA) is 77.4 Å². The van der Waals surface area contributed by atoms with E-state index in [1.807, 2.05) is 69.2 Å². The van der Waals surface area contributed by atoms with Gasteiger partial charge in [-0.25, -0.2) is 9.50 Å². The average molecular weight is 646 g/mol. The Kier molecular flexibility index (Phi) is 6.82. The Bertz CT molecular complexity index is 1900. The molecule has 0 radical (unpaired) electrons. The zero-order valence-corrected chi connectivity index (χ0v) is 25.8. The van der Waals surface area contributed by atoms with Crippen molar-refractivity contribution >= 4 is 39.1 Å². The zero-order valence-electron chi connectivity index (χ0n) is 23.4. The van der Waals surface area contributed by atoms with Crippen LogP contribution in [0.5, 0.6) is 0 Å². The van der Waals surface area contributed by atoms with E-state index in [0.29, 0.717) is 28.5 Å². The fourth-order valence-electron chi connectivity index (χ4n) is 6.25. The van der Waals surface area contributed by atoms with Crippen molar-refractivity contribution in [3.8, 4) is 17.1 Å². The Morgan fingerprint density at radius 3 is 2.60 bits per heavy atom. The summed E-state index contributed by atoms with van der Waals surface area (Å²) in [5, 5.41) is 5.32. The molecule has 1 saturated carbocycles. The molecule has 0 saturated heterocycles. The first-order valence-corrected chi connectivity index (χ1v) is 15.4. The monoisotopic (exact) mass is 644 g/mol. The second kappa shape index (κ2) is 10.5. The molecule has 3 aromatic heterocycles. The van der Waals surface area contributed by atoms with Crippen molar-refractivity contribution in [2.75, 3.05) is 0 Å². The normalized spacial score (nSPS) is 17.0. The fourth-order valence-corrected chi connectivity index (χ4v) is 6.67. The lowest BCUT2D eigenvalue weighted by Gasteiger charge is -2.35. The van der Waals surface area contributed by atoms with Crippen LogP contribution in [0.4, 0.5) is 0 Å². The number of carbonyl (C=O) groups excluding carboxylic acids is 1. The second-order valence-electron chi connectivity index (χ2n) is 11.5. The maximum atomic E-state index is 14.4. The molecule has 0 spiro atoms. The molecule has 1 atom stereocenters. The van der Waals surface area contributed by atoms with Crippen LogP contribution in [0.2, 0.25) is 5.02 Å². The molecule has 1 fully saturated rings. The standard InChI is InChI=1S/C32H30BrClN6O2/c1-19-14-25-28(18-38(19)31(41)22-8-11-26(33)27(34)16-22)40-30(23(17-36-40)15-20-4-3-5-20)39(32(25)42)24-9-6-21(7-10-24)29-35-12-13-37(29)2/h6-13,16-17,19-20H,3-5,14-15,18H2,1-2H3. The van der Waals surface area contributed by atoms with Gasteiger partial charge < -0.3 is 9.47 Å². The third-order valence-corrected chi connectivity index (χ3v) is 10.0. The molecule has 5 aromatic rings. The molecule has 42 heavy (non-hydrogen) atoms. The van der Waals surface area contributed by atoms with Gasteiger partial charge >= 0.3 is 0 Å². The second-order valence-corrected chi connectivity index (χ2v) is 12.8. The van der Waals surface area contributed by atoms with Gasteiger partial charge in [-0.2, -0.15) is 5.10 Å². The van der Waals surface area contributed by atoms with Crippen LogP contribution in [0.15, 0.2) is 70.3 Å². The number of rotatable bonds is 5. The van der Waals surface area contributed by atoms with Crippen LogP contribution in [0.3, 0.4) is 0 Å². The summed E-state index contributed by atoms with van der Waals surface area (Å²) in [5.74, 6) is 1.35. The molecule has 8 nitrogen and oxygen atoms in total. The van der Waals surface area contributed by atoms with Crippen molar-refractivity contribution in [1.29, 1.82) is 0 Å². The lowest BCUT2D eigenvalue weighted by atomic mass is 9.81. The first-order chi connectivity index (χ1) is 20.3. The predicted molar refractivity (Wildman–Crippen MR) is 166 cm³/mol. The van der Waals surface area contributed by atoms with E-state index >= 15 is 0 Å². The third-order valence-electron chi connectivity index (χ3n) is 8.81. The molecule has 0 N–H and O–H groups in total. The molecule has 0 bridgehead atoms. The minimum Gasteiger partial charge on any atom is -0.334 e. The van der Waals surface area contributed by atoms with Gasteiger partial charge in [-0.05, 0) is 84.1 Å². The first kappa shape index (κ1) is 27.2. The van der Waals surface area contributed by atoms with Crippen LogP contribution in [-0.2, 0) is 26.4 Å². The minimum absolute atomic E-state index is 0.0526. The number of carbonyl (C=O) groups is 1. The van der Waals surface area contributed by atoms with Crippen LogP contribution >= 0.6 is 27.5 Å². The summed E-state index contributed by atoms with van der Waals surface area (Å²) in [6, 6.07) is 13.0. The van der Waals surface area contributed by atoms with Gasteiger partial charge in [0.25, 0.3) is 11.5 Å². The highest BCUT2D eigenvalue weighted by molar-refractivity contribution is 9.10. The largest absolute Gasteiger partial charge is 0.334 e. The number of aromatic nitrogens is 5. The van der Waals surface area contributed by atoms with Crippen LogP contribution in [-0.4, -0.2) is 40.6 Å². The van der Waals surface area contributed by atoms with Crippen molar-refractivity contribution in [2.24, 2.45) is 13.0 Å². The van der Waals surface area contributed by atoms with Gasteiger partial charge in [0.2, 0.25) is 0 Å². The SMILES string of the molecule is CC1Cc2c(n3ncc(CC4CCC4)c3n(-c3ccc(-c4nccn4C)cc3)c2=O)CN1C(=O)c1ccc(Br)c(Cl)c1. The van der Waals surface area contributed by atoms with Crippen molar-refractivity contribution in [1.82, 2.24) is 28.6 Å². The maximum absolute atomic E-state index is 14.4. The summed E-state index contributed by atoms with van der Waals surface area (Å²) in [5.41, 5.74) is 5.53. The van der Waals surface area contributed by atoms with Gasteiger partial charge in [-0.3, -0.25) is 14.2 Å². The van der Waals surface area contributed by atoms with Crippen molar-refractivity contribution in [3.05, 3.63) is 103 Å². The van der Waals surface area contributed by atoms with Gasteiger partial charge in [0.1, 0.15) is 11.5 Å². The van der Waals surface area contributed by atoms with E-state index in [-0.39, 0.29) is 24.1 Å². The molecular formula is C32H30BrClN6O2. The molecule has 1 amide bonds. The lowest BCUT2D eigenvalue weighted by molar-refractivity contribution is 0.0651. The van der Waals surface area contributed by atoms with E-state index in [2.05, 4.69) is 20.9 Å². The molecule has 10 heteroatoms. The Labute approximate surface area is 256 Å². The molecule has 214 valence electrons. The Morgan fingerprint density at radius 1 is 1.14 bits per heavy atom. The van der Waals surface area contributed by atoms with Crippen LogP contribution in [0.1, 0.15) is 53.4 Å². The van der Waals surface area contributed by atoms with E-state index in [4.69, 9.17) is 16.7 Å². The summed E-state index contributed by atoms with van der Waals surface area (Å²) in [6.45, 7) is 2.28. The summed E-state index contributed by atoms with van der Waals surface area (Å²) >= 11 is 9.72. The lowest BCUT2D eigenvalue weighted by Crippen LogP contribution is -2.46. The summed E-state index contributed by atoms with van der Waals surface area (Å²) < 4.78 is 6.44. The smallest absolute Gasteiger partial charge is 0.261 e. The molecule has 4 heterocycles. The number of aryl methyl sites for hydroxylation is 1. The highest BCUT2D eigenvalue weighted by Crippen LogP contribution is 2.33. The highest BCUT2D eigenvalue weighted by atomic mass is 79.9. The van der Waals surface area contributed by atoms with E-state index in [0.717, 1.165) is 44.9 Å². The number of amides is 1. The Hall–Kier alpha value is -3.69. The Balaban J connectivity index is 1.35. The number of imidazole rings is 1. The van der Waals surface area contributed by atoms with Crippen LogP contribution < -0.4 is 5.56 Å². The van der Waals surface area contributed by atoms with Gasteiger partial charge in [-0.1, -0.05) is 30.9 Å². The van der Waals surface area contributed by atoms with Crippen LogP contribution in [0.25, 0.3) is 22.7 Å². The first-order valence-electron chi connectivity index (χ1n) is 14.3. The number of hydrogen-bond donors (Lipinski definition) is 0. The third kappa shape index (κ3) is 4.50. The summed E-state index contributed by atoms with van der Waals surface area (Å²) in [4.78, 5) is 34.3. The molecule has 1 aliphatic carbocycles. The van der Waals surface area contributed by atoms with E-state index < -0.39 is 0 Å². The average Bonchev–Trinajstić information content (AvgIpc) is 3.58. The van der Waals surface area contributed by atoms with Crippen molar-refractivity contribution < 1.29 is 4.79 Å². The summed E-state index contributed by atoms with van der Waals surface area (Å²) in [6.07, 6.45) is 10.6. The molecule has 1 unspecified atom stereocenters. The molecule has 2 aromatic carbocycles. The van der Waals surface area contributed by atoms with Crippen LogP contribution in [0, 0.1) is 5.92 Å². The number of halogens is 2. The predicted octanol–water partition coefficient (Wildman–Crippen LogP) is 6.23. The molecule has 2 aliphatic rings. The quantitative estimate of drug-likeness (QED) is 0.227. The number of hydrogen-bond acceptors (Lipinski definition) is 4. The summed E-state index contributed by atoms with van der Waals surface area (Å²) in [7, 11) is 1.97. The van der Waals surface area contributed by atoms with Crippen molar-refractivity contribution in [2.45, 2.75) is 51.6 Å². The van der Waals surface area contributed by atoms with Gasteiger partial charge in [0.15, 0.2) is 0 Å². The molecule has 1 aliphatic heterocycles. The van der Waals surface area contributed by atoms with E-state index in [1.54, 1.807) is 24.4 Å². The number of fused-ring (bicyclic) bond motifs is 3. The molecular weight excluding hydrogens is 616 g/mol. The fraction of sp³-hybridized carbons (Fsp3) is 0.312. The van der Waals surface area contributed by atoms with Gasteiger partial charge in [0, 0.05) is 52.2 Å². The maximum Gasteiger partial charge on any atom is 0.261 e. The number of nitrogens with zero attached hydrogens (tertiary/aromatic N) is 6. The minimum atomic E-state index is -0.179. The van der Waals surface area contributed by atoms with E-state index in [1.165, 1.54) is 19.3 Å². The molecule has 7 rings (SSSR count). The van der Waals surface area contributed by atoms with Crippen molar-refractivity contribution in [3.63, 3.8) is 0 Å². The Morgan fingerprint density at radius 2 is 1.93 bits per heavy atom. The highest BCUT2D eigenvalue weighted by Gasteiger charge is 2.33. The van der Waals surface area contributed by atoms with E-state index in [9.17, 15) is 9.59 Å². The number of benzene rings is 2.